The lowest BCUT2D eigenvalue weighted by Gasteiger charge is -2.30. The lowest BCUT2D eigenvalue weighted by atomic mass is 10.0. The molecule has 0 radical (unpaired) electrons. The van der Waals surface area contributed by atoms with Crippen LogP contribution < -0.4 is 9.47 Å². The van der Waals surface area contributed by atoms with Crippen molar-refractivity contribution in [2.45, 2.75) is 51.4 Å². The first kappa shape index (κ1) is 30.1. The standard InChI is InChI=1S/C30H27ClF4N4O5/c1-42-24-11-18(31)3-2-17(24)15-44-28-21(30(33,34)35)10-16-6-8-38(13-23(16)37-28)14-25-36-22-5-4-20(29(40)41)26(32)27(22)39(25)12-19-7-9-43-19/h2-5,10-11,19H,6-9,12-15H2,1H3,(H,40,41)/t19-/m0/s1. The van der Waals surface area contributed by atoms with Gasteiger partial charge < -0.3 is 23.9 Å². The van der Waals surface area contributed by atoms with Gasteiger partial charge in [-0.2, -0.15) is 13.2 Å². The monoisotopic (exact) mass is 634 g/mol. The van der Waals surface area contributed by atoms with Crippen LogP contribution in [0.15, 0.2) is 36.4 Å². The Morgan fingerprint density at radius 2 is 2.00 bits per heavy atom. The summed E-state index contributed by atoms with van der Waals surface area (Å²) in [5.41, 5.74) is 0.336. The number of halogens is 5. The molecule has 4 aromatic rings. The van der Waals surface area contributed by atoms with Crippen LogP contribution in [0, 0.1) is 5.82 Å². The average Bonchev–Trinajstić information content (AvgIpc) is 3.30. The van der Waals surface area contributed by atoms with E-state index in [1.54, 1.807) is 22.8 Å². The molecule has 4 heterocycles. The van der Waals surface area contributed by atoms with Gasteiger partial charge in [0.15, 0.2) is 5.82 Å². The van der Waals surface area contributed by atoms with Gasteiger partial charge in [-0.3, -0.25) is 4.90 Å². The predicted octanol–water partition coefficient (Wildman–Crippen LogP) is 5.88. The molecule has 2 aromatic heterocycles. The van der Waals surface area contributed by atoms with E-state index in [9.17, 15) is 23.1 Å². The smallest absolute Gasteiger partial charge is 0.421 e. The number of alkyl halides is 3. The highest BCUT2D eigenvalue weighted by molar-refractivity contribution is 6.30. The number of benzene rings is 2. The number of rotatable bonds is 9. The topological polar surface area (TPSA) is 98.9 Å². The van der Waals surface area contributed by atoms with Gasteiger partial charge in [0.25, 0.3) is 0 Å². The second-order valence-corrected chi connectivity index (χ2v) is 11.1. The number of carboxylic acid groups (broad SMARTS) is 1. The normalized spacial score (nSPS) is 16.9. The van der Waals surface area contributed by atoms with Crippen LogP contribution in [0.3, 0.4) is 0 Å². The molecular weight excluding hydrogens is 608 g/mol. The summed E-state index contributed by atoms with van der Waals surface area (Å²) in [7, 11) is 1.43. The van der Waals surface area contributed by atoms with E-state index in [-0.39, 0.29) is 37.9 Å². The molecule has 0 unspecified atom stereocenters. The number of methoxy groups -OCH3 is 1. The molecular formula is C30H27ClF4N4O5. The summed E-state index contributed by atoms with van der Waals surface area (Å²) >= 11 is 6.00. The zero-order valence-corrected chi connectivity index (χ0v) is 24.2. The number of aromatic nitrogens is 3. The van der Waals surface area contributed by atoms with Gasteiger partial charge in [0.2, 0.25) is 5.88 Å². The van der Waals surface area contributed by atoms with Crippen molar-refractivity contribution in [2.75, 3.05) is 20.3 Å². The first-order chi connectivity index (χ1) is 21.0. The van der Waals surface area contributed by atoms with Crippen molar-refractivity contribution in [1.29, 1.82) is 0 Å². The highest BCUT2D eigenvalue weighted by Crippen LogP contribution is 2.38. The number of imidazole rings is 1. The molecule has 44 heavy (non-hydrogen) atoms. The molecule has 1 N–H and O–H groups in total. The van der Waals surface area contributed by atoms with E-state index in [0.717, 1.165) is 12.5 Å². The Bertz CT molecular complexity index is 1740. The maximum absolute atomic E-state index is 15.4. The van der Waals surface area contributed by atoms with Crippen molar-refractivity contribution >= 4 is 28.6 Å². The Hall–Kier alpha value is -3.94. The van der Waals surface area contributed by atoms with Crippen LogP contribution in [0.25, 0.3) is 11.0 Å². The number of hydrogen-bond acceptors (Lipinski definition) is 7. The van der Waals surface area contributed by atoms with Gasteiger partial charge in [-0.05, 0) is 48.7 Å². The molecule has 2 aliphatic heterocycles. The molecule has 1 atom stereocenters. The first-order valence-corrected chi connectivity index (χ1v) is 14.2. The lowest BCUT2D eigenvalue weighted by Crippen LogP contribution is -2.35. The Morgan fingerprint density at radius 1 is 1.20 bits per heavy atom. The highest BCUT2D eigenvalue weighted by atomic mass is 35.5. The number of carbonyl (C=O) groups is 1. The van der Waals surface area contributed by atoms with Crippen molar-refractivity contribution in [1.82, 2.24) is 19.4 Å². The SMILES string of the molecule is COc1cc(Cl)ccc1COc1nc2c(cc1C(F)(F)F)CCN(Cc1nc3ccc(C(=O)O)c(F)c3n1C[C@@H]1CCO1)C2. The van der Waals surface area contributed by atoms with Crippen LogP contribution in [-0.2, 0) is 43.6 Å². The van der Waals surface area contributed by atoms with Gasteiger partial charge in [0.1, 0.15) is 29.3 Å². The maximum Gasteiger partial charge on any atom is 0.421 e. The van der Waals surface area contributed by atoms with E-state index in [4.69, 9.17) is 25.8 Å². The third kappa shape index (κ3) is 5.91. The number of aromatic carboxylic acids is 1. The molecule has 0 saturated carbocycles. The summed E-state index contributed by atoms with van der Waals surface area (Å²) in [6, 6.07) is 8.47. The fourth-order valence-corrected chi connectivity index (χ4v) is 5.64. The summed E-state index contributed by atoms with van der Waals surface area (Å²) in [6.45, 7) is 1.47. The van der Waals surface area contributed by atoms with Crippen LogP contribution in [0.5, 0.6) is 11.6 Å². The van der Waals surface area contributed by atoms with Crippen LogP contribution in [0.2, 0.25) is 5.02 Å². The quantitative estimate of drug-likeness (QED) is 0.228. The van der Waals surface area contributed by atoms with Gasteiger partial charge in [-0.25, -0.2) is 19.2 Å². The molecule has 0 amide bonds. The van der Waals surface area contributed by atoms with Gasteiger partial charge in [-0.1, -0.05) is 17.7 Å². The second kappa shape index (κ2) is 11.9. The number of carboxylic acids is 1. The Kier molecular flexibility index (Phi) is 8.12. The first-order valence-electron chi connectivity index (χ1n) is 13.8. The van der Waals surface area contributed by atoms with Crippen molar-refractivity contribution in [3.05, 3.63) is 81.0 Å². The van der Waals surface area contributed by atoms with E-state index in [0.29, 0.717) is 58.5 Å². The van der Waals surface area contributed by atoms with Gasteiger partial charge in [0.05, 0.1) is 43.1 Å². The second-order valence-electron chi connectivity index (χ2n) is 10.7. The molecule has 1 saturated heterocycles. The molecule has 1 fully saturated rings. The number of ether oxygens (including phenoxy) is 3. The third-order valence-electron chi connectivity index (χ3n) is 7.85. The lowest BCUT2D eigenvalue weighted by molar-refractivity contribution is -0.139. The van der Waals surface area contributed by atoms with Crippen molar-refractivity contribution in [2.24, 2.45) is 0 Å². The molecule has 6 rings (SSSR count). The summed E-state index contributed by atoms with van der Waals surface area (Å²) in [5.74, 6) is -1.95. The minimum atomic E-state index is -4.69. The summed E-state index contributed by atoms with van der Waals surface area (Å²) in [6.07, 6.45) is -3.79. The van der Waals surface area contributed by atoms with Gasteiger partial charge in [0, 0.05) is 30.3 Å². The Labute approximate surface area is 253 Å². The molecule has 0 bridgehead atoms. The highest BCUT2D eigenvalue weighted by Gasteiger charge is 2.37. The minimum Gasteiger partial charge on any atom is -0.496 e. The van der Waals surface area contributed by atoms with Gasteiger partial charge >= 0.3 is 12.1 Å². The van der Waals surface area contributed by atoms with E-state index in [2.05, 4.69) is 9.97 Å². The summed E-state index contributed by atoms with van der Waals surface area (Å²) < 4.78 is 75.6. The molecule has 0 spiro atoms. The van der Waals surface area contributed by atoms with Crippen molar-refractivity contribution < 1.29 is 41.7 Å². The number of nitrogens with zero attached hydrogens (tertiary/aromatic N) is 4. The van der Waals surface area contributed by atoms with Crippen molar-refractivity contribution in [3.8, 4) is 11.6 Å². The van der Waals surface area contributed by atoms with Crippen LogP contribution in [-0.4, -0.2) is 56.9 Å². The molecule has 9 nitrogen and oxygen atoms in total. The van der Waals surface area contributed by atoms with E-state index in [1.165, 1.54) is 19.2 Å². The van der Waals surface area contributed by atoms with Crippen LogP contribution >= 0.6 is 11.6 Å². The molecule has 2 aromatic carbocycles. The predicted molar refractivity (Wildman–Crippen MR) is 150 cm³/mol. The molecule has 232 valence electrons. The zero-order chi connectivity index (χ0) is 31.2. The summed E-state index contributed by atoms with van der Waals surface area (Å²) in [5, 5.41) is 9.86. The van der Waals surface area contributed by atoms with Gasteiger partial charge in [-0.15, -0.1) is 0 Å². The number of hydrogen-bond donors (Lipinski definition) is 1. The number of fused-ring (bicyclic) bond motifs is 2. The zero-order valence-electron chi connectivity index (χ0n) is 23.5. The maximum atomic E-state index is 15.4. The van der Waals surface area contributed by atoms with Crippen LogP contribution in [0.1, 0.15) is 45.0 Å². The minimum absolute atomic E-state index is 0.0778. The fraction of sp³-hybridized carbons (Fsp3) is 0.367. The van der Waals surface area contributed by atoms with E-state index < -0.39 is 35.0 Å². The van der Waals surface area contributed by atoms with E-state index in [1.807, 2.05) is 4.90 Å². The molecule has 14 heteroatoms. The Balaban J connectivity index is 1.29. The molecule has 0 aliphatic carbocycles. The summed E-state index contributed by atoms with van der Waals surface area (Å²) in [4.78, 5) is 22.5. The van der Waals surface area contributed by atoms with E-state index >= 15 is 4.39 Å². The number of pyridine rings is 1. The van der Waals surface area contributed by atoms with Crippen molar-refractivity contribution in [3.63, 3.8) is 0 Å². The third-order valence-corrected chi connectivity index (χ3v) is 8.08. The average molecular weight is 635 g/mol. The largest absolute Gasteiger partial charge is 0.496 e. The Morgan fingerprint density at radius 3 is 2.68 bits per heavy atom. The van der Waals surface area contributed by atoms with Crippen LogP contribution in [0.4, 0.5) is 17.6 Å². The fourth-order valence-electron chi connectivity index (χ4n) is 5.47. The molecule has 2 aliphatic rings.